The Morgan fingerprint density at radius 3 is 2.48 bits per heavy atom. The van der Waals surface area contributed by atoms with Gasteiger partial charge in [0.05, 0.1) is 5.56 Å². The molecule has 1 aromatic heterocycles. The fraction of sp³-hybridized carbons (Fsp3) is 0.273. The van der Waals surface area contributed by atoms with Crippen molar-refractivity contribution in [1.82, 2.24) is 15.2 Å². The standard InChI is InChI=1S/C22H25N3O2/c1-15(2)25(3)14-17-9-5-4-8-16(17)13-23-22(27)19-12-21(26)24-20-11-7-6-10-18(19)20/h4-12,15H,13-14H2,1-3H3,(H,23,27)(H,24,26). The van der Waals surface area contributed by atoms with Crippen LogP contribution in [0.3, 0.4) is 0 Å². The highest BCUT2D eigenvalue weighted by Gasteiger charge is 2.13. The first kappa shape index (κ1) is 18.9. The zero-order chi connectivity index (χ0) is 19.4. The van der Waals surface area contributed by atoms with Crippen LogP contribution >= 0.6 is 0 Å². The SMILES string of the molecule is CC(C)N(C)Cc1ccccc1CNC(=O)c1cc(=O)[nH]c2ccccc12. The highest BCUT2D eigenvalue weighted by Crippen LogP contribution is 2.16. The Morgan fingerprint density at radius 1 is 1.07 bits per heavy atom. The lowest BCUT2D eigenvalue weighted by Gasteiger charge is -2.22. The van der Waals surface area contributed by atoms with E-state index in [1.54, 1.807) is 6.07 Å². The molecule has 27 heavy (non-hydrogen) atoms. The van der Waals surface area contributed by atoms with Crippen LogP contribution in [-0.4, -0.2) is 28.9 Å². The average molecular weight is 363 g/mol. The predicted octanol–water partition coefficient (Wildman–Crippen LogP) is 3.30. The molecule has 1 amide bonds. The summed E-state index contributed by atoms with van der Waals surface area (Å²) in [6, 6.07) is 17.2. The summed E-state index contributed by atoms with van der Waals surface area (Å²) in [5.74, 6) is -0.246. The maximum atomic E-state index is 12.8. The first-order valence-corrected chi connectivity index (χ1v) is 9.13. The van der Waals surface area contributed by atoms with Gasteiger partial charge in [-0.3, -0.25) is 14.5 Å². The number of nitrogens with zero attached hydrogens (tertiary/aromatic N) is 1. The summed E-state index contributed by atoms with van der Waals surface area (Å²) in [4.78, 5) is 29.6. The van der Waals surface area contributed by atoms with E-state index in [-0.39, 0.29) is 11.5 Å². The molecule has 0 atom stereocenters. The predicted molar refractivity (Wildman–Crippen MR) is 109 cm³/mol. The van der Waals surface area contributed by atoms with Crippen LogP contribution in [0.15, 0.2) is 59.4 Å². The fourth-order valence-corrected chi connectivity index (χ4v) is 3.00. The van der Waals surface area contributed by atoms with E-state index < -0.39 is 0 Å². The molecule has 0 radical (unpaired) electrons. The van der Waals surface area contributed by atoms with Gasteiger partial charge in [0.25, 0.3) is 5.91 Å². The Bertz CT molecular complexity index is 1010. The van der Waals surface area contributed by atoms with Crippen LogP contribution in [0.4, 0.5) is 0 Å². The molecular weight excluding hydrogens is 338 g/mol. The molecule has 0 aliphatic heterocycles. The van der Waals surface area contributed by atoms with Crippen LogP contribution < -0.4 is 10.9 Å². The van der Waals surface area contributed by atoms with Crippen LogP contribution in [0.1, 0.15) is 35.3 Å². The van der Waals surface area contributed by atoms with Crippen LogP contribution in [0.2, 0.25) is 0 Å². The second-order valence-corrected chi connectivity index (χ2v) is 7.05. The number of rotatable bonds is 6. The van der Waals surface area contributed by atoms with Crippen molar-refractivity contribution in [3.05, 3.63) is 81.6 Å². The zero-order valence-corrected chi connectivity index (χ0v) is 16.0. The number of amides is 1. The van der Waals surface area contributed by atoms with E-state index in [2.05, 4.69) is 42.2 Å². The fourth-order valence-electron chi connectivity index (χ4n) is 3.00. The molecule has 0 unspecified atom stereocenters. The number of carbonyl (C=O) groups excluding carboxylic acids is 1. The number of carbonyl (C=O) groups is 1. The molecule has 0 aliphatic rings. The summed E-state index contributed by atoms with van der Waals surface area (Å²) < 4.78 is 0. The average Bonchev–Trinajstić information content (AvgIpc) is 2.66. The number of fused-ring (bicyclic) bond motifs is 1. The van der Waals surface area contributed by atoms with Crippen molar-refractivity contribution < 1.29 is 4.79 Å². The lowest BCUT2D eigenvalue weighted by molar-refractivity contribution is 0.0952. The molecule has 3 aromatic rings. The molecule has 0 spiro atoms. The van der Waals surface area contributed by atoms with Gasteiger partial charge in [0, 0.05) is 36.1 Å². The molecule has 2 aromatic carbocycles. The highest BCUT2D eigenvalue weighted by molar-refractivity contribution is 6.05. The normalized spacial score (nSPS) is 11.3. The Hall–Kier alpha value is -2.92. The third-order valence-corrected chi connectivity index (χ3v) is 4.85. The van der Waals surface area contributed by atoms with Gasteiger partial charge >= 0.3 is 0 Å². The molecule has 0 saturated carbocycles. The first-order chi connectivity index (χ1) is 13.0. The van der Waals surface area contributed by atoms with Crippen LogP contribution in [0, 0.1) is 0 Å². The molecule has 1 heterocycles. The monoisotopic (exact) mass is 363 g/mol. The van der Waals surface area contributed by atoms with E-state index in [0.29, 0.717) is 23.7 Å². The molecule has 0 bridgehead atoms. The number of aromatic amines is 1. The van der Waals surface area contributed by atoms with Gasteiger partial charge in [-0.1, -0.05) is 42.5 Å². The molecule has 2 N–H and O–H groups in total. The van der Waals surface area contributed by atoms with Gasteiger partial charge in [0.1, 0.15) is 0 Å². The Labute approximate surface area is 159 Å². The topological polar surface area (TPSA) is 65.2 Å². The Balaban J connectivity index is 1.80. The minimum absolute atomic E-state index is 0.246. The maximum Gasteiger partial charge on any atom is 0.252 e. The summed E-state index contributed by atoms with van der Waals surface area (Å²) in [6.07, 6.45) is 0. The van der Waals surface area contributed by atoms with Crippen molar-refractivity contribution in [3.8, 4) is 0 Å². The number of H-pyrrole nitrogens is 1. The summed E-state index contributed by atoms with van der Waals surface area (Å²) in [6.45, 7) is 5.55. The smallest absolute Gasteiger partial charge is 0.252 e. The second-order valence-electron chi connectivity index (χ2n) is 7.05. The van der Waals surface area contributed by atoms with Crippen molar-refractivity contribution in [2.45, 2.75) is 33.0 Å². The third kappa shape index (κ3) is 4.44. The molecule has 3 rings (SSSR count). The van der Waals surface area contributed by atoms with Gasteiger partial charge in [0.2, 0.25) is 5.56 Å². The van der Waals surface area contributed by atoms with E-state index >= 15 is 0 Å². The summed E-state index contributed by atoms with van der Waals surface area (Å²) >= 11 is 0. The molecule has 5 nitrogen and oxygen atoms in total. The molecule has 0 fully saturated rings. The number of hydrogen-bond acceptors (Lipinski definition) is 3. The van der Waals surface area contributed by atoms with Gasteiger partial charge < -0.3 is 10.3 Å². The van der Waals surface area contributed by atoms with Crippen molar-refractivity contribution >= 4 is 16.8 Å². The lowest BCUT2D eigenvalue weighted by Crippen LogP contribution is -2.28. The van der Waals surface area contributed by atoms with Crippen molar-refractivity contribution in [3.63, 3.8) is 0 Å². The maximum absolute atomic E-state index is 12.8. The second kappa shape index (κ2) is 8.18. The minimum Gasteiger partial charge on any atom is -0.348 e. The summed E-state index contributed by atoms with van der Waals surface area (Å²) in [5.41, 5.74) is 3.04. The molecule has 5 heteroatoms. The Morgan fingerprint density at radius 2 is 1.74 bits per heavy atom. The van der Waals surface area contributed by atoms with Crippen molar-refractivity contribution in [2.75, 3.05) is 7.05 Å². The van der Waals surface area contributed by atoms with Gasteiger partial charge in [-0.25, -0.2) is 0 Å². The minimum atomic E-state index is -0.280. The van der Waals surface area contributed by atoms with Crippen molar-refractivity contribution in [2.24, 2.45) is 0 Å². The van der Waals surface area contributed by atoms with Crippen LogP contribution in [0.5, 0.6) is 0 Å². The van der Waals surface area contributed by atoms with Crippen molar-refractivity contribution in [1.29, 1.82) is 0 Å². The number of aromatic nitrogens is 1. The molecule has 140 valence electrons. The number of nitrogens with one attached hydrogen (secondary N) is 2. The number of benzene rings is 2. The first-order valence-electron chi connectivity index (χ1n) is 9.13. The van der Waals surface area contributed by atoms with E-state index in [0.717, 1.165) is 17.5 Å². The molecular formula is C22H25N3O2. The highest BCUT2D eigenvalue weighted by atomic mass is 16.2. The molecule has 0 aliphatic carbocycles. The lowest BCUT2D eigenvalue weighted by atomic mass is 10.1. The summed E-state index contributed by atoms with van der Waals surface area (Å²) in [5, 5.41) is 3.71. The van der Waals surface area contributed by atoms with Gasteiger partial charge in [-0.15, -0.1) is 0 Å². The number of pyridine rings is 1. The number of hydrogen-bond donors (Lipinski definition) is 2. The van der Waals surface area contributed by atoms with E-state index in [1.807, 2.05) is 36.4 Å². The largest absolute Gasteiger partial charge is 0.348 e. The van der Waals surface area contributed by atoms with Gasteiger partial charge in [0.15, 0.2) is 0 Å². The van der Waals surface area contributed by atoms with Crippen LogP contribution in [-0.2, 0) is 13.1 Å². The quantitative estimate of drug-likeness (QED) is 0.706. The summed E-state index contributed by atoms with van der Waals surface area (Å²) in [7, 11) is 2.09. The van der Waals surface area contributed by atoms with Crippen LogP contribution in [0.25, 0.3) is 10.9 Å². The van der Waals surface area contributed by atoms with Gasteiger partial charge in [-0.05, 0) is 38.1 Å². The van der Waals surface area contributed by atoms with E-state index in [4.69, 9.17) is 0 Å². The zero-order valence-electron chi connectivity index (χ0n) is 16.0. The third-order valence-electron chi connectivity index (χ3n) is 4.85. The van der Waals surface area contributed by atoms with Gasteiger partial charge in [-0.2, -0.15) is 0 Å². The molecule has 0 saturated heterocycles. The van der Waals surface area contributed by atoms with E-state index in [9.17, 15) is 9.59 Å². The van der Waals surface area contributed by atoms with E-state index in [1.165, 1.54) is 11.6 Å². The Kier molecular flexibility index (Phi) is 5.72. The number of para-hydroxylation sites is 1.